The first-order valence-corrected chi connectivity index (χ1v) is 15.6. The number of rotatable bonds is 8. The Hall–Kier alpha value is -4.10. The highest BCUT2D eigenvalue weighted by molar-refractivity contribution is 8.00. The number of hydrogen-bond acceptors (Lipinski definition) is 10. The molecule has 1 N–H and O–H groups in total. The van der Waals surface area contributed by atoms with Crippen molar-refractivity contribution < 1.29 is 24.2 Å². The summed E-state index contributed by atoms with van der Waals surface area (Å²) in [5.74, 6) is -0.762. The van der Waals surface area contributed by atoms with E-state index in [2.05, 4.69) is 15.2 Å². The van der Waals surface area contributed by atoms with Gasteiger partial charge in [-0.15, -0.1) is 10.2 Å². The maximum Gasteiger partial charge on any atom is 0.301 e. The van der Waals surface area contributed by atoms with Gasteiger partial charge >= 0.3 is 5.91 Å². The maximum atomic E-state index is 13.7. The number of amides is 1. The zero-order chi connectivity index (χ0) is 31.1. The van der Waals surface area contributed by atoms with Gasteiger partial charge in [0.1, 0.15) is 11.3 Å². The number of methoxy groups -OCH3 is 2. The van der Waals surface area contributed by atoms with Crippen molar-refractivity contribution in [2.75, 3.05) is 19.1 Å². The van der Waals surface area contributed by atoms with E-state index in [-0.39, 0.29) is 16.5 Å². The van der Waals surface area contributed by atoms with Crippen molar-refractivity contribution in [2.24, 2.45) is 0 Å². The summed E-state index contributed by atoms with van der Waals surface area (Å²) in [6.07, 6.45) is 1.73. The molecular formula is C30H23Cl2N5O5S2. The van der Waals surface area contributed by atoms with E-state index in [1.165, 1.54) is 30.9 Å². The Morgan fingerprint density at radius 1 is 1.05 bits per heavy atom. The third kappa shape index (κ3) is 5.28. The quantitative estimate of drug-likeness (QED) is 0.0631. The molecule has 1 atom stereocenters. The van der Waals surface area contributed by atoms with Gasteiger partial charge in [-0.25, -0.2) is 4.98 Å². The number of aromatic nitrogens is 4. The summed E-state index contributed by atoms with van der Waals surface area (Å²) < 4.78 is 13.1. The van der Waals surface area contributed by atoms with Crippen LogP contribution in [-0.2, 0) is 15.3 Å². The zero-order valence-electron chi connectivity index (χ0n) is 23.4. The van der Waals surface area contributed by atoms with Crippen molar-refractivity contribution in [3.8, 4) is 11.5 Å². The molecule has 0 radical (unpaired) electrons. The second kappa shape index (κ2) is 12.1. The Balaban J connectivity index is 1.46. The van der Waals surface area contributed by atoms with Crippen molar-refractivity contribution in [2.45, 2.75) is 23.1 Å². The number of ether oxygens (including phenoxy) is 2. The van der Waals surface area contributed by atoms with Gasteiger partial charge < -0.3 is 14.6 Å². The Kier molecular flexibility index (Phi) is 8.25. The number of benzene rings is 2. The van der Waals surface area contributed by atoms with Crippen LogP contribution < -0.4 is 14.4 Å². The number of nitrogens with zero attached hydrogens (tertiary/aromatic N) is 5. The molecule has 14 heteroatoms. The number of carbonyl (C=O) groups excluding carboxylic acids is 2. The van der Waals surface area contributed by atoms with Crippen molar-refractivity contribution in [1.82, 2.24) is 19.6 Å². The number of carbonyl (C=O) groups is 2. The summed E-state index contributed by atoms with van der Waals surface area (Å²) in [6.45, 7) is 1.73. The standard InChI is InChI=1S/C30H23Cl2N5O5S2/c1-15-24(36-11-5-4-6-22(36)33-15)26(38)23-25(16-8-10-20(41-2)21(12-16)42-3)37(28(40)27(23)39)29-34-35-30(44-29)43-14-17-7-9-18(31)13-19(17)32/h4-13,25,38H,14H2,1-3H3/b26-23+. The summed E-state index contributed by atoms with van der Waals surface area (Å²) in [4.78, 5) is 33.2. The van der Waals surface area contributed by atoms with Crippen LogP contribution in [0.3, 0.4) is 0 Å². The van der Waals surface area contributed by atoms with Gasteiger partial charge in [-0.3, -0.25) is 18.9 Å². The van der Waals surface area contributed by atoms with Gasteiger partial charge in [0, 0.05) is 22.0 Å². The smallest absolute Gasteiger partial charge is 0.301 e. The van der Waals surface area contributed by atoms with Crippen LogP contribution in [0.15, 0.2) is 70.7 Å². The SMILES string of the molecule is COc1ccc(C2/C(=C(\O)c3c(C)nc4ccccn34)C(=O)C(=O)N2c2nnc(SCc3ccc(Cl)cc3Cl)s2)cc1OC. The molecule has 1 amide bonds. The fraction of sp³-hybridized carbons (Fsp3) is 0.167. The average molecular weight is 669 g/mol. The van der Waals surface area contributed by atoms with Gasteiger partial charge in [0.15, 0.2) is 21.6 Å². The molecule has 6 rings (SSSR count). The van der Waals surface area contributed by atoms with Crippen LogP contribution in [0.1, 0.15) is 28.6 Å². The lowest BCUT2D eigenvalue weighted by Gasteiger charge is -2.23. The maximum absolute atomic E-state index is 13.7. The van der Waals surface area contributed by atoms with E-state index in [0.29, 0.717) is 54.2 Å². The number of imidazole rings is 1. The van der Waals surface area contributed by atoms with Crippen LogP contribution in [0.4, 0.5) is 5.13 Å². The topological polar surface area (TPSA) is 119 Å². The first-order valence-electron chi connectivity index (χ1n) is 13.1. The van der Waals surface area contributed by atoms with E-state index in [0.717, 1.165) is 16.9 Å². The van der Waals surface area contributed by atoms with Crippen LogP contribution in [-0.4, -0.2) is 50.6 Å². The molecule has 1 aliphatic rings. The lowest BCUT2D eigenvalue weighted by molar-refractivity contribution is -0.132. The Labute approximate surface area is 269 Å². The molecule has 0 bridgehead atoms. The normalized spacial score (nSPS) is 16.2. The van der Waals surface area contributed by atoms with Crippen LogP contribution in [0.25, 0.3) is 11.4 Å². The van der Waals surface area contributed by atoms with Gasteiger partial charge in [0.05, 0.1) is 31.5 Å². The molecule has 1 unspecified atom stereocenters. The molecule has 2 aromatic carbocycles. The van der Waals surface area contributed by atoms with Crippen LogP contribution >= 0.6 is 46.3 Å². The lowest BCUT2D eigenvalue weighted by Crippen LogP contribution is -2.29. The number of fused-ring (bicyclic) bond motifs is 1. The molecule has 4 heterocycles. The number of aryl methyl sites for hydroxylation is 1. The zero-order valence-corrected chi connectivity index (χ0v) is 26.6. The van der Waals surface area contributed by atoms with E-state index < -0.39 is 17.7 Å². The number of thioether (sulfide) groups is 1. The number of halogens is 2. The molecule has 10 nitrogen and oxygen atoms in total. The number of ketones is 1. The second-order valence-electron chi connectivity index (χ2n) is 9.63. The fourth-order valence-corrected chi connectivity index (χ4v) is 7.46. The number of anilines is 1. The molecule has 5 aromatic rings. The Morgan fingerprint density at radius 3 is 2.59 bits per heavy atom. The largest absolute Gasteiger partial charge is 0.505 e. The number of pyridine rings is 1. The molecule has 44 heavy (non-hydrogen) atoms. The Bertz CT molecular complexity index is 1970. The average Bonchev–Trinajstić information content (AvgIpc) is 3.69. The molecule has 1 aliphatic heterocycles. The Morgan fingerprint density at radius 2 is 1.84 bits per heavy atom. The van der Waals surface area contributed by atoms with E-state index in [1.54, 1.807) is 60.0 Å². The molecule has 0 aliphatic carbocycles. The van der Waals surface area contributed by atoms with Crippen molar-refractivity contribution >= 4 is 74.5 Å². The summed E-state index contributed by atoms with van der Waals surface area (Å²) >= 11 is 14.9. The molecule has 1 fully saturated rings. The first kappa shape index (κ1) is 29.9. The van der Waals surface area contributed by atoms with Gasteiger partial charge in [-0.1, -0.05) is 64.5 Å². The molecule has 0 saturated carbocycles. The predicted molar refractivity (Wildman–Crippen MR) is 170 cm³/mol. The molecule has 3 aromatic heterocycles. The highest BCUT2D eigenvalue weighted by atomic mass is 35.5. The van der Waals surface area contributed by atoms with E-state index in [9.17, 15) is 14.7 Å². The summed E-state index contributed by atoms with van der Waals surface area (Å²) in [7, 11) is 3.00. The van der Waals surface area contributed by atoms with Crippen LogP contribution in [0.2, 0.25) is 10.0 Å². The second-order valence-corrected chi connectivity index (χ2v) is 12.7. The van der Waals surface area contributed by atoms with Crippen LogP contribution in [0, 0.1) is 6.92 Å². The van der Waals surface area contributed by atoms with Crippen molar-refractivity contribution in [3.05, 3.63) is 98.9 Å². The molecule has 224 valence electrons. The van der Waals surface area contributed by atoms with E-state index in [1.807, 2.05) is 12.1 Å². The predicted octanol–water partition coefficient (Wildman–Crippen LogP) is 6.74. The van der Waals surface area contributed by atoms with Gasteiger partial charge in [-0.2, -0.15) is 0 Å². The van der Waals surface area contributed by atoms with Crippen molar-refractivity contribution in [3.63, 3.8) is 0 Å². The number of hydrogen-bond donors (Lipinski definition) is 1. The summed E-state index contributed by atoms with van der Waals surface area (Å²) in [5, 5.41) is 21.6. The van der Waals surface area contributed by atoms with Crippen LogP contribution in [0.5, 0.6) is 11.5 Å². The third-order valence-electron chi connectivity index (χ3n) is 7.06. The first-order chi connectivity index (χ1) is 21.2. The third-order valence-corrected chi connectivity index (χ3v) is 9.76. The molecule has 1 saturated heterocycles. The molecular weight excluding hydrogens is 645 g/mol. The fourth-order valence-electron chi connectivity index (χ4n) is 5.03. The number of Topliss-reactive ketones (excluding diaryl/α,β-unsaturated/α-hetero) is 1. The molecule has 0 spiro atoms. The number of aliphatic hydroxyl groups is 1. The lowest BCUT2D eigenvalue weighted by atomic mass is 9.96. The minimum Gasteiger partial charge on any atom is -0.505 e. The summed E-state index contributed by atoms with van der Waals surface area (Å²) in [5.41, 5.74) is 2.60. The van der Waals surface area contributed by atoms with E-state index >= 15 is 0 Å². The minimum absolute atomic E-state index is 0.117. The van der Waals surface area contributed by atoms with Gasteiger partial charge in [0.2, 0.25) is 5.13 Å². The monoisotopic (exact) mass is 667 g/mol. The minimum atomic E-state index is -1.06. The van der Waals surface area contributed by atoms with E-state index in [4.69, 9.17) is 32.7 Å². The summed E-state index contributed by atoms with van der Waals surface area (Å²) in [6, 6.07) is 14.6. The number of aliphatic hydroxyl groups excluding tert-OH is 1. The highest BCUT2D eigenvalue weighted by Crippen LogP contribution is 2.46. The van der Waals surface area contributed by atoms with Gasteiger partial charge in [0.25, 0.3) is 5.78 Å². The highest BCUT2D eigenvalue weighted by Gasteiger charge is 2.49. The van der Waals surface area contributed by atoms with Gasteiger partial charge in [-0.05, 0) is 54.4 Å². The van der Waals surface area contributed by atoms with Crippen molar-refractivity contribution in [1.29, 1.82) is 0 Å².